The molecule has 0 aromatic heterocycles. The van der Waals surface area contributed by atoms with Gasteiger partial charge in [-0.25, -0.2) is 17.6 Å². The molecule has 0 saturated heterocycles. The van der Waals surface area contributed by atoms with Crippen molar-refractivity contribution in [2.75, 3.05) is 6.86 Å². The van der Waals surface area contributed by atoms with Crippen LogP contribution < -0.4 is 4.74 Å². The lowest BCUT2D eigenvalue weighted by Crippen LogP contribution is -1.98. The quantitative estimate of drug-likeness (QED) is 0.300. The van der Waals surface area contributed by atoms with Crippen LogP contribution >= 0.6 is 0 Å². The Balaban J connectivity index is 1.85. The number of hydrogen-bond donors (Lipinski definition) is 0. The molecule has 5 heteroatoms. The Bertz CT molecular complexity index is 987. The predicted molar refractivity (Wildman–Crippen MR) is 107 cm³/mol. The van der Waals surface area contributed by atoms with Gasteiger partial charge in [0.1, 0.15) is 5.82 Å². The largest absolute Gasteiger partial charge is 0.457 e. The second-order valence-electron chi connectivity index (χ2n) is 6.52. The second-order valence-corrected chi connectivity index (χ2v) is 6.52. The predicted octanol–water partition coefficient (Wildman–Crippen LogP) is 7.25. The maximum atomic E-state index is 14.7. The van der Waals surface area contributed by atoms with E-state index in [0.29, 0.717) is 5.56 Å². The first-order valence-electron chi connectivity index (χ1n) is 9.21. The topological polar surface area (TPSA) is 9.23 Å². The summed E-state index contributed by atoms with van der Waals surface area (Å²) in [5.74, 6) is -3.61. The normalized spacial score (nSPS) is 11.2. The van der Waals surface area contributed by atoms with Gasteiger partial charge in [0, 0.05) is 5.56 Å². The molecule has 150 valence electrons. The highest BCUT2D eigenvalue weighted by Gasteiger charge is 2.16. The minimum atomic E-state index is -1.36. The number of rotatable bonds is 7. The monoisotopic (exact) mass is 400 g/mol. The van der Waals surface area contributed by atoms with Crippen LogP contribution in [0.2, 0.25) is 0 Å². The highest BCUT2D eigenvalue weighted by Crippen LogP contribution is 2.32. The Morgan fingerprint density at radius 1 is 0.793 bits per heavy atom. The first kappa shape index (κ1) is 20.6. The second kappa shape index (κ2) is 9.41. The fourth-order valence-corrected chi connectivity index (χ4v) is 3.12. The van der Waals surface area contributed by atoms with Crippen molar-refractivity contribution < 1.29 is 22.3 Å². The summed E-state index contributed by atoms with van der Waals surface area (Å²) in [5.41, 5.74) is 2.74. The van der Waals surface area contributed by atoms with Crippen LogP contribution in [0, 0.1) is 17.5 Å². The molecular weight excluding hydrogens is 380 g/mol. The van der Waals surface area contributed by atoms with Crippen LogP contribution in [0.1, 0.15) is 18.9 Å². The summed E-state index contributed by atoms with van der Waals surface area (Å²) in [6.45, 7) is 0.626. The Hall–Kier alpha value is -3.08. The van der Waals surface area contributed by atoms with Crippen molar-refractivity contribution in [2.24, 2.45) is 0 Å². The molecule has 0 amide bonds. The number of hydrogen-bond acceptors (Lipinski definition) is 1. The smallest absolute Gasteiger partial charge is 0.228 e. The third-order valence-electron chi connectivity index (χ3n) is 4.60. The van der Waals surface area contributed by atoms with Gasteiger partial charge in [-0.2, -0.15) is 0 Å². The van der Waals surface area contributed by atoms with Gasteiger partial charge in [0.15, 0.2) is 17.4 Å². The number of alkyl halides is 1. The van der Waals surface area contributed by atoms with Crippen molar-refractivity contribution in [3.63, 3.8) is 0 Å². The highest BCUT2D eigenvalue weighted by atomic mass is 19.1. The van der Waals surface area contributed by atoms with Gasteiger partial charge in [0.25, 0.3) is 0 Å². The lowest BCUT2D eigenvalue weighted by atomic mass is 9.98. The van der Waals surface area contributed by atoms with Crippen LogP contribution in [0.15, 0.2) is 66.7 Å². The molecule has 0 N–H and O–H groups in total. The number of allylic oxidation sites excluding steroid dienone is 2. The summed E-state index contributed by atoms with van der Waals surface area (Å²) in [7, 11) is 0. The van der Waals surface area contributed by atoms with E-state index in [1.165, 1.54) is 17.7 Å². The fourth-order valence-electron chi connectivity index (χ4n) is 3.12. The van der Waals surface area contributed by atoms with Crippen molar-refractivity contribution in [2.45, 2.75) is 19.8 Å². The molecule has 29 heavy (non-hydrogen) atoms. The number of ether oxygens (including phenoxy) is 1. The van der Waals surface area contributed by atoms with E-state index in [4.69, 9.17) is 0 Å². The molecule has 0 spiro atoms. The van der Waals surface area contributed by atoms with Crippen LogP contribution in [0.5, 0.6) is 5.75 Å². The van der Waals surface area contributed by atoms with E-state index in [1.54, 1.807) is 6.07 Å². The zero-order valence-electron chi connectivity index (χ0n) is 15.9. The average molecular weight is 400 g/mol. The van der Waals surface area contributed by atoms with Crippen molar-refractivity contribution in [3.05, 3.63) is 89.8 Å². The molecule has 0 aliphatic carbocycles. The summed E-state index contributed by atoms with van der Waals surface area (Å²) in [5, 5.41) is 0. The molecule has 0 heterocycles. The lowest BCUT2D eigenvalue weighted by molar-refractivity contribution is 0.176. The Kier molecular flexibility index (Phi) is 6.70. The minimum absolute atomic E-state index is 0.00887. The van der Waals surface area contributed by atoms with Gasteiger partial charge in [-0.1, -0.05) is 48.6 Å². The van der Waals surface area contributed by atoms with Crippen molar-refractivity contribution in [1.29, 1.82) is 0 Å². The summed E-state index contributed by atoms with van der Waals surface area (Å²) in [6, 6.07) is 14.2. The first-order valence-corrected chi connectivity index (χ1v) is 9.21. The van der Waals surface area contributed by atoms with E-state index in [-0.39, 0.29) is 11.1 Å². The van der Waals surface area contributed by atoms with E-state index < -0.39 is 30.1 Å². The molecule has 0 bridgehead atoms. The zero-order valence-corrected chi connectivity index (χ0v) is 15.9. The number of aryl methyl sites for hydroxylation is 1. The SMILES string of the molecule is C/C=C/CCc1ccc(-c2ccc(-c3cc(F)c(OCF)c(F)c3)c(F)c2)cc1. The molecule has 1 nitrogen and oxygen atoms in total. The van der Waals surface area contributed by atoms with Gasteiger partial charge in [0.2, 0.25) is 6.86 Å². The van der Waals surface area contributed by atoms with Crippen LogP contribution in [-0.4, -0.2) is 6.86 Å². The summed E-state index contributed by atoms with van der Waals surface area (Å²) in [4.78, 5) is 0. The van der Waals surface area contributed by atoms with Crippen LogP contribution in [0.3, 0.4) is 0 Å². The molecule has 3 aromatic rings. The van der Waals surface area contributed by atoms with E-state index >= 15 is 0 Å². The number of benzene rings is 3. The Labute approximate surface area is 167 Å². The molecule has 3 aromatic carbocycles. The molecular formula is C24H20F4O. The third-order valence-corrected chi connectivity index (χ3v) is 4.60. The van der Waals surface area contributed by atoms with Crippen molar-refractivity contribution >= 4 is 0 Å². The average Bonchev–Trinajstić information content (AvgIpc) is 2.71. The molecule has 3 rings (SSSR count). The molecule has 0 aliphatic heterocycles. The molecule has 0 fully saturated rings. The fraction of sp³-hybridized carbons (Fsp3) is 0.167. The Morgan fingerprint density at radius 2 is 1.41 bits per heavy atom. The Morgan fingerprint density at radius 3 is 2.00 bits per heavy atom. The lowest BCUT2D eigenvalue weighted by Gasteiger charge is -2.10. The van der Waals surface area contributed by atoms with E-state index in [2.05, 4.69) is 10.8 Å². The maximum Gasteiger partial charge on any atom is 0.228 e. The van der Waals surface area contributed by atoms with Crippen molar-refractivity contribution in [3.8, 4) is 28.0 Å². The van der Waals surface area contributed by atoms with Crippen LogP contribution in [-0.2, 0) is 6.42 Å². The van der Waals surface area contributed by atoms with Gasteiger partial charge in [-0.05, 0) is 60.2 Å². The molecule has 0 saturated carbocycles. The van der Waals surface area contributed by atoms with E-state index in [1.807, 2.05) is 37.3 Å². The zero-order chi connectivity index (χ0) is 20.8. The van der Waals surface area contributed by atoms with Gasteiger partial charge >= 0.3 is 0 Å². The molecule has 0 aliphatic rings. The number of halogens is 4. The summed E-state index contributed by atoms with van der Waals surface area (Å²) < 4.78 is 59.1. The van der Waals surface area contributed by atoms with Gasteiger partial charge in [-0.15, -0.1) is 0 Å². The van der Waals surface area contributed by atoms with Gasteiger partial charge in [0.05, 0.1) is 0 Å². The van der Waals surface area contributed by atoms with E-state index in [9.17, 15) is 17.6 Å². The van der Waals surface area contributed by atoms with Crippen molar-refractivity contribution in [1.82, 2.24) is 0 Å². The summed E-state index contributed by atoms with van der Waals surface area (Å²) >= 11 is 0. The molecule has 0 radical (unpaired) electrons. The van der Waals surface area contributed by atoms with Gasteiger partial charge < -0.3 is 4.74 Å². The minimum Gasteiger partial charge on any atom is -0.457 e. The first-order chi connectivity index (χ1) is 14.0. The summed E-state index contributed by atoms with van der Waals surface area (Å²) in [6.07, 6.45) is 6.00. The van der Waals surface area contributed by atoms with Crippen LogP contribution in [0.4, 0.5) is 17.6 Å². The third kappa shape index (κ3) is 4.86. The highest BCUT2D eigenvalue weighted by molar-refractivity contribution is 5.71. The maximum absolute atomic E-state index is 14.7. The molecule has 0 atom stereocenters. The van der Waals surface area contributed by atoms with Crippen LogP contribution in [0.25, 0.3) is 22.3 Å². The molecule has 0 unspecified atom stereocenters. The van der Waals surface area contributed by atoms with Gasteiger partial charge in [-0.3, -0.25) is 0 Å². The standard InChI is InChI=1S/C24H20F4O/c1-2-3-4-5-16-6-8-17(9-7-16)18-10-11-20(21(26)12-18)19-13-22(27)24(29-15-25)23(28)14-19/h2-3,6-14H,4-5,15H2,1H3/b3-2+. The van der Waals surface area contributed by atoms with E-state index in [0.717, 1.165) is 30.5 Å².